The van der Waals surface area contributed by atoms with E-state index in [1.54, 1.807) is 0 Å². The Morgan fingerprint density at radius 2 is 0.950 bits per heavy atom. The third-order valence-electron chi connectivity index (χ3n) is 6.32. The maximum atomic E-state index is 13.1. The number of fused-ring (bicyclic) bond motifs is 2. The summed E-state index contributed by atoms with van der Waals surface area (Å²) in [5.74, 6) is -0.312. The minimum Gasteiger partial charge on any atom is -0.508 e. The second-order valence-electron chi connectivity index (χ2n) is 8.91. The summed E-state index contributed by atoms with van der Waals surface area (Å²) in [6.07, 6.45) is 0. The Hall–Kier alpha value is -4.82. The van der Waals surface area contributed by atoms with E-state index in [0.717, 1.165) is 0 Å². The van der Waals surface area contributed by atoms with Crippen molar-refractivity contribution >= 4 is 31.4 Å². The lowest BCUT2D eigenvalue weighted by Gasteiger charge is -2.28. The van der Waals surface area contributed by atoms with E-state index in [9.17, 15) is 36.9 Å². The fourth-order valence-electron chi connectivity index (χ4n) is 4.54. The van der Waals surface area contributed by atoms with Crippen LogP contribution in [0.1, 0.15) is 34.3 Å². The highest BCUT2D eigenvalue weighted by Gasteiger charge is 2.36. The van der Waals surface area contributed by atoms with Crippen LogP contribution in [0.5, 0.6) is 11.5 Å². The van der Waals surface area contributed by atoms with Crippen molar-refractivity contribution in [3.8, 4) is 11.5 Å². The van der Waals surface area contributed by atoms with E-state index in [1.807, 2.05) is 0 Å². The van der Waals surface area contributed by atoms with Crippen LogP contribution in [-0.4, -0.2) is 27.0 Å². The van der Waals surface area contributed by atoms with E-state index in [-0.39, 0.29) is 54.9 Å². The first kappa shape index (κ1) is 26.8. The van der Waals surface area contributed by atoms with E-state index in [1.165, 1.54) is 84.9 Å². The number of nitroso groups, excluding NO2 is 2. The molecule has 0 fully saturated rings. The van der Waals surface area contributed by atoms with Gasteiger partial charge in [0, 0.05) is 12.1 Å². The van der Waals surface area contributed by atoms with Crippen molar-refractivity contribution in [2.75, 3.05) is 9.44 Å². The number of anilines is 2. The zero-order chi connectivity index (χ0) is 28.7. The molecule has 1 aliphatic carbocycles. The number of phenols is 2. The molecule has 1 aliphatic rings. The Bertz CT molecular complexity index is 1750. The molecule has 204 valence electrons. The second-order valence-corrected chi connectivity index (χ2v) is 12.3. The molecule has 4 aromatic rings. The van der Waals surface area contributed by atoms with Crippen LogP contribution in [-0.2, 0) is 20.0 Å². The number of nitrogens with zero attached hydrogens (tertiary/aromatic N) is 2. The summed E-state index contributed by atoms with van der Waals surface area (Å²) in [4.78, 5) is 23.5. The smallest absolute Gasteiger partial charge is 0.261 e. The topological polar surface area (TPSA) is 192 Å². The van der Waals surface area contributed by atoms with Crippen molar-refractivity contribution in [2.45, 2.75) is 21.9 Å². The molecule has 0 heterocycles. The average molecular weight is 581 g/mol. The molecular weight excluding hydrogens is 560 g/mol. The maximum absolute atomic E-state index is 13.1. The van der Waals surface area contributed by atoms with E-state index in [2.05, 4.69) is 19.8 Å². The molecule has 0 unspecified atom stereocenters. The van der Waals surface area contributed by atoms with Gasteiger partial charge in [-0.15, -0.1) is 9.81 Å². The molecule has 40 heavy (non-hydrogen) atoms. The van der Waals surface area contributed by atoms with E-state index in [4.69, 9.17) is 0 Å². The molecule has 0 aliphatic heterocycles. The van der Waals surface area contributed by atoms with Crippen LogP contribution < -0.4 is 9.44 Å². The van der Waals surface area contributed by atoms with Crippen molar-refractivity contribution in [3.05, 3.63) is 117 Å². The molecule has 0 aromatic heterocycles. The van der Waals surface area contributed by atoms with Gasteiger partial charge in [0.25, 0.3) is 20.0 Å². The molecule has 0 bridgehead atoms. The Morgan fingerprint density at radius 3 is 1.32 bits per heavy atom. The Balaban J connectivity index is 1.56. The van der Waals surface area contributed by atoms with Gasteiger partial charge in [-0.25, -0.2) is 16.8 Å². The third-order valence-corrected chi connectivity index (χ3v) is 9.08. The number of nitrogens with one attached hydrogen (secondary N) is 2. The molecule has 4 aromatic carbocycles. The highest BCUT2D eigenvalue weighted by molar-refractivity contribution is 7.93. The second kappa shape index (κ2) is 10.1. The predicted octanol–water partition coefficient (Wildman–Crippen LogP) is 4.72. The normalized spacial score (nSPS) is 16.3. The van der Waals surface area contributed by atoms with Gasteiger partial charge in [0.15, 0.2) is 0 Å². The van der Waals surface area contributed by atoms with E-state index < -0.39 is 32.1 Å². The first-order valence-electron chi connectivity index (χ1n) is 11.6. The van der Waals surface area contributed by atoms with Gasteiger partial charge in [0.1, 0.15) is 23.6 Å². The fraction of sp³-hybridized carbons (Fsp3) is 0.0769. The fourth-order valence-corrected chi connectivity index (χ4v) is 6.71. The summed E-state index contributed by atoms with van der Waals surface area (Å²) in [6.45, 7) is 0. The standard InChI is InChI=1S/C26H20N4O8S2/c31-17-5-1-3-15(11-17)29-39(35,36)19-7-9-21-23(13-19)26(28-34)24-14-20(8-10-22(24)25(21)27-33)40(37,38)30-16-4-2-6-18(32)12-16/h1-14,25-26,29-32H. The zero-order valence-electron chi connectivity index (χ0n) is 20.3. The molecule has 12 nitrogen and oxygen atoms in total. The number of benzene rings is 4. The van der Waals surface area contributed by atoms with Crippen LogP contribution in [0.2, 0.25) is 0 Å². The molecule has 5 rings (SSSR count). The van der Waals surface area contributed by atoms with Crippen molar-refractivity contribution in [1.29, 1.82) is 0 Å². The van der Waals surface area contributed by atoms with Gasteiger partial charge < -0.3 is 10.2 Å². The van der Waals surface area contributed by atoms with Crippen LogP contribution in [0.3, 0.4) is 0 Å². The predicted molar refractivity (Wildman–Crippen MR) is 146 cm³/mol. The van der Waals surface area contributed by atoms with Crippen molar-refractivity contribution in [1.82, 2.24) is 0 Å². The summed E-state index contributed by atoms with van der Waals surface area (Å²) >= 11 is 0. The number of hydrogen-bond donors (Lipinski definition) is 4. The molecule has 0 atom stereocenters. The van der Waals surface area contributed by atoms with Crippen LogP contribution in [0.15, 0.2) is 105 Å². The first-order chi connectivity index (χ1) is 19.0. The van der Waals surface area contributed by atoms with Crippen LogP contribution in [0.4, 0.5) is 11.4 Å². The Kier molecular flexibility index (Phi) is 6.73. The molecular formula is C26H20N4O8S2. The van der Waals surface area contributed by atoms with Gasteiger partial charge in [0.05, 0.1) is 21.2 Å². The highest BCUT2D eigenvalue weighted by Crippen LogP contribution is 2.46. The summed E-state index contributed by atoms with van der Waals surface area (Å²) in [5, 5.41) is 25.6. The third kappa shape index (κ3) is 4.97. The summed E-state index contributed by atoms with van der Waals surface area (Å²) in [5.41, 5.74) is 0.820. The van der Waals surface area contributed by atoms with Gasteiger partial charge in [-0.1, -0.05) is 34.6 Å². The first-order valence-corrected chi connectivity index (χ1v) is 14.6. The van der Waals surface area contributed by atoms with Crippen molar-refractivity contribution in [3.63, 3.8) is 0 Å². The monoisotopic (exact) mass is 580 g/mol. The van der Waals surface area contributed by atoms with E-state index >= 15 is 0 Å². The van der Waals surface area contributed by atoms with Gasteiger partial charge in [-0.2, -0.15) is 0 Å². The molecule has 0 radical (unpaired) electrons. The van der Waals surface area contributed by atoms with Crippen LogP contribution >= 0.6 is 0 Å². The SMILES string of the molecule is O=NC1c2ccc(S(=O)(=O)Nc3cccc(O)c3)cc2C(N=O)c2cc(S(=O)(=O)Nc3cccc(O)c3)ccc21. The molecule has 4 N–H and O–H groups in total. The molecule has 0 amide bonds. The van der Waals surface area contributed by atoms with Crippen molar-refractivity contribution in [2.24, 2.45) is 10.4 Å². The van der Waals surface area contributed by atoms with Gasteiger partial charge in [-0.05, 0) is 70.8 Å². The lowest BCUT2D eigenvalue weighted by molar-refractivity contribution is 0.475. The quantitative estimate of drug-likeness (QED) is 0.215. The highest BCUT2D eigenvalue weighted by atomic mass is 32.2. The zero-order valence-corrected chi connectivity index (χ0v) is 21.9. The summed E-state index contributed by atoms with van der Waals surface area (Å²) in [6, 6.07) is 16.0. The van der Waals surface area contributed by atoms with Crippen LogP contribution in [0, 0.1) is 9.81 Å². The summed E-state index contributed by atoms with van der Waals surface area (Å²) < 4.78 is 57.0. The van der Waals surface area contributed by atoms with Gasteiger partial charge in [-0.3, -0.25) is 9.44 Å². The van der Waals surface area contributed by atoms with Crippen LogP contribution in [0.25, 0.3) is 0 Å². The summed E-state index contributed by atoms with van der Waals surface area (Å²) in [7, 11) is -8.41. The lowest BCUT2D eigenvalue weighted by Crippen LogP contribution is -2.20. The molecule has 14 heteroatoms. The Labute approximate surface area is 228 Å². The average Bonchev–Trinajstić information content (AvgIpc) is 2.90. The van der Waals surface area contributed by atoms with E-state index in [0.29, 0.717) is 0 Å². The molecule has 0 saturated carbocycles. The molecule has 0 spiro atoms. The number of aromatic hydroxyl groups is 2. The maximum Gasteiger partial charge on any atom is 0.261 e. The minimum atomic E-state index is -4.21. The number of sulfonamides is 2. The van der Waals surface area contributed by atoms with Gasteiger partial charge in [0.2, 0.25) is 0 Å². The minimum absolute atomic E-state index is 0.0707. The molecule has 0 saturated heterocycles. The number of hydrogen-bond acceptors (Lipinski definition) is 10. The Morgan fingerprint density at radius 1 is 0.550 bits per heavy atom. The lowest BCUT2D eigenvalue weighted by atomic mass is 9.80. The van der Waals surface area contributed by atoms with Gasteiger partial charge >= 0.3 is 0 Å². The largest absolute Gasteiger partial charge is 0.508 e. The number of rotatable bonds is 8. The van der Waals surface area contributed by atoms with Crippen molar-refractivity contribution < 1.29 is 27.0 Å². The number of phenolic OH excluding ortho intramolecular Hbond substituents is 2.